The van der Waals surface area contributed by atoms with Crippen molar-refractivity contribution in [1.29, 1.82) is 0 Å². The van der Waals surface area contributed by atoms with Crippen LogP contribution in [0.4, 0.5) is 5.69 Å². The lowest BCUT2D eigenvalue weighted by atomic mass is 10.2. The molecule has 24 heavy (non-hydrogen) atoms. The number of benzene rings is 1. The monoisotopic (exact) mass is 347 g/mol. The van der Waals surface area contributed by atoms with Crippen molar-refractivity contribution in [3.05, 3.63) is 57.0 Å². The summed E-state index contributed by atoms with van der Waals surface area (Å²) >= 11 is 5.94. The van der Waals surface area contributed by atoms with Gasteiger partial charge in [0.15, 0.2) is 5.75 Å². The second-order valence-corrected chi connectivity index (χ2v) is 6.68. The van der Waals surface area contributed by atoms with Crippen LogP contribution < -0.4 is 10.3 Å². The van der Waals surface area contributed by atoms with Crippen LogP contribution in [0.3, 0.4) is 0 Å². The molecule has 1 aromatic carbocycles. The van der Waals surface area contributed by atoms with Crippen LogP contribution in [0.15, 0.2) is 35.1 Å². The second kappa shape index (κ2) is 6.87. The molecular weight excluding hydrogens is 326 g/mol. The molecule has 0 bridgehead atoms. The summed E-state index contributed by atoms with van der Waals surface area (Å²) in [4.78, 5) is 16.4. The van der Waals surface area contributed by atoms with Gasteiger partial charge in [-0.25, -0.2) is 0 Å². The normalized spacial score (nSPS) is 15.7. The van der Waals surface area contributed by atoms with Gasteiger partial charge in [-0.05, 0) is 31.2 Å². The molecule has 6 heteroatoms. The minimum atomic E-state index is -0.305. The summed E-state index contributed by atoms with van der Waals surface area (Å²) in [5.74, 6) is -0.136. The molecule has 3 rings (SSSR count). The number of nitrogens with zero attached hydrogens (tertiary/aromatic N) is 3. The standard InChI is InChI=1S/C18H22ClN3O2/c1-13-11-17(23)18(24)16(20(13)2)12-21-7-9-22(10-8-21)15-5-3-14(19)4-6-15/h3-6,11,24H,7-10,12H2,1-2H3. The van der Waals surface area contributed by atoms with E-state index in [0.717, 1.165) is 36.9 Å². The van der Waals surface area contributed by atoms with Crippen molar-refractivity contribution in [3.63, 3.8) is 0 Å². The lowest BCUT2D eigenvalue weighted by molar-refractivity contribution is 0.240. The maximum atomic E-state index is 11.8. The lowest BCUT2D eigenvalue weighted by Gasteiger charge is -2.36. The molecule has 1 aliphatic heterocycles. The second-order valence-electron chi connectivity index (χ2n) is 6.24. The van der Waals surface area contributed by atoms with E-state index in [1.165, 1.54) is 11.8 Å². The third-order valence-electron chi connectivity index (χ3n) is 4.72. The van der Waals surface area contributed by atoms with Crippen LogP contribution in [0.1, 0.15) is 11.4 Å². The van der Waals surface area contributed by atoms with Crippen LogP contribution in [0.2, 0.25) is 5.02 Å². The smallest absolute Gasteiger partial charge is 0.223 e. The first-order valence-electron chi connectivity index (χ1n) is 8.07. The van der Waals surface area contributed by atoms with Gasteiger partial charge in [-0.2, -0.15) is 0 Å². The van der Waals surface area contributed by atoms with Gasteiger partial charge in [0, 0.05) is 62.2 Å². The van der Waals surface area contributed by atoms with Crippen molar-refractivity contribution in [2.24, 2.45) is 7.05 Å². The van der Waals surface area contributed by atoms with E-state index in [1.54, 1.807) is 0 Å². The molecule has 1 N–H and O–H groups in total. The minimum absolute atomic E-state index is 0.136. The Kier molecular flexibility index (Phi) is 4.83. The third kappa shape index (κ3) is 3.42. The van der Waals surface area contributed by atoms with E-state index in [-0.39, 0.29) is 11.2 Å². The highest BCUT2D eigenvalue weighted by Crippen LogP contribution is 2.21. The van der Waals surface area contributed by atoms with Crippen molar-refractivity contribution in [2.45, 2.75) is 13.5 Å². The van der Waals surface area contributed by atoms with Crippen LogP contribution in [0.25, 0.3) is 0 Å². The number of piperazine rings is 1. The maximum absolute atomic E-state index is 11.8. The van der Waals surface area contributed by atoms with Gasteiger partial charge in [-0.3, -0.25) is 9.69 Å². The zero-order valence-corrected chi connectivity index (χ0v) is 14.8. The van der Waals surface area contributed by atoms with Crippen LogP contribution in [0, 0.1) is 6.92 Å². The van der Waals surface area contributed by atoms with Crippen LogP contribution in [0.5, 0.6) is 5.75 Å². The number of aromatic hydroxyl groups is 1. The van der Waals surface area contributed by atoms with Gasteiger partial charge >= 0.3 is 0 Å². The first-order valence-corrected chi connectivity index (χ1v) is 8.45. The van der Waals surface area contributed by atoms with Crippen molar-refractivity contribution in [2.75, 3.05) is 31.1 Å². The van der Waals surface area contributed by atoms with Gasteiger partial charge in [0.1, 0.15) is 0 Å². The van der Waals surface area contributed by atoms with E-state index in [1.807, 2.05) is 42.8 Å². The van der Waals surface area contributed by atoms with Gasteiger partial charge in [0.2, 0.25) is 5.43 Å². The number of hydrogen-bond acceptors (Lipinski definition) is 4. The average molecular weight is 348 g/mol. The van der Waals surface area contributed by atoms with Crippen LogP contribution in [-0.2, 0) is 13.6 Å². The molecule has 0 amide bonds. The molecule has 0 atom stereocenters. The molecule has 2 aromatic rings. The molecule has 0 saturated carbocycles. The Labute approximate surface area is 146 Å². The van der Waals surface area contributed by atoms with Gasteiger partial charge in [-0.15, -0.1) is 0 Å². The molecule has 0 radical (unpaired) electrons. The summed E-state index contributed by atoms with van der Waals surface area (Å²) in [6.07, 6.45) is 0. The first kappa shape index (κ1) is 16.9. The fourth-order valence-electron chi connectivity index (χ4n) is 3.08. The number of hydrogen-bond donors (Lipinski definition) is 1. The predicted octanol–water partition coefficient (Wildman–Crippen LogP) is 2.37. The summed E-state index contributed by atoms with van der Waals surface area (Å²) in [6, 6.07) is 9.35. The Morgan fingerprint density at radius 2 is 1.75 bits per heavy atom. The number of aryl methyl sites for hydroxylation is 1. The topological polar surface area (TPSA) is 48.7 Å². The molecule has 0 spiro atoms. The molecule has 0 aliphatic carbocycles. The Bertz CT molecular complexity index is 778. The van der Waals surface area contributed by atoms with Crippen molar-refractivity contribution >= 4 is 17.3 Å². The van der Waals surface area contributed by atoms with Crippen LogP contribution >= 0.6 is 11.6 Å². The van der Waals surface area contributed by atoms with Crippen molar-refractivity contribution in [3.8, 4) is 5.75 Å². The molecule has 1 saturated heterocycles. The average Bonchev–Trinajstić information content (AvgIpc) is 2.58. The SMILES string of the molecule is Cc1cc(=O)c(O)c(CN2CCN(c3ccc(Cl)cc3)CC2)n1C. The Balaban J connectivity index is 1.68. The summed E-state index contributed by atoms with van der Waals surface area (Å²) in [6.45, 7) is 6.02. The Morgan fingerprint density at radius 3 is 2.38 bits per heavy atom. The number of rotatable bonds is 3. The largest absolute Gasteiger partial charge is 0.503 e. The van der Waals surface area contributed by atoms with Crippen LogP contribution in [-0.4, -0.2) is 40.8 Å². The van der Waals surface area contributed by atoms with E-state index in [0.29, 0.717) is 12.2 Å². The van der Waals surface area contributed by atoms with Crippen molar-refractivity contribution in [1.82, 2.24) is 9.47 Å². The molecule has 5 nitrogen and oxygen atoms in total. The number of anilines is 1. The Hall–Kier alpha value is -1.98. The summed E-state index contributed by atoms with van der Waals surface area (Å²) < 4.78 is 1.89. The summed E-state index contributed by atoms with van der Waals surface area (Å²) in [5.41, 5.74) is 2.40. The van der Waals surface area contributed by atoms with Gasteiger partial charge in [0.25, 0.3) is 0 Å². The third-order valence-corrected chi connectivity index (χ3v) is 4.97. The van der Waals surface area contributed by atoms with Gasteiger partial charge in [0.05, 0.1) is 5.69 Å². The summed E-state index contributed by atoms with van der Waals surface area (Å²) in [7, 11) is 1.88. The maximum Gasteiger partial charge on any atom is 0.223 e. The van der Waals surface area contributed by atoms with E-state index in [4.69, 9.17) is 11.6 Å². The Morgan fingerprint density at radius 1 is 1.12 bits per heavy atom. The highest BCUT2D eigenvalue weighted by Gasteiger charge is 2.20. The van der Waals surface area contributed by atoms with E-state index in [9.17, 15) is 9.90 Å². The highest BCUT2D eigenvalue weighted by molar-refractivity contribution is 6.30. The molecule has 2 heterocycles. The predicted molar refractivity (Wildman–Crippen MR) is 97.0 cm³/mol. The molecular formula is C18H22ClN3O2. The van der Waals surface area contributed by atoms with E-state index < -0.39 is 0 Å². The zero-order valence-electron chi connectivity index (χ0n) is 14.0. The van der Waals surface area contributed by atoms with Crippen molar-refractivity contribution < 1.29 is 5.11 Å². The number of halogens is 1. The molecule has 1 aromatic heterocycles. The minimum Gasteiger partial charge on any atom is -0.503 e. The van der Waals surface area contributed by atoms with Gasteiger partial charge < -0.3 is 14.6 Å². The lowest BCUT2D eigenvalue weighted by Crippen LogP contribution is -2.46. The molecule has 1 fully saturated rings. The first-order chi connectivity index (χ1) is 11.5. The highest BCUT2D eigenvalue weighted by atomic mass is 35.5. The van der Waals surface area contributed by atoms with E-state index >= 15 is 0 Å². The quantitative estimate of drug-likeness (QED) is 0.926. The number of pyridine rings is 1. The fraction of sp³-hybridized carbons (Fsp3) is 0.389. The molecule has 1 aliphatic rings. The fourth-order valence-corrected chi connectivity index (χ4v) is 3.20. The zero-order chi connectivity index (χ0) is 17.3. The van der Waals surface area contributed by atoms with Gasteiger partial charge in [-0.1, -0.05) is 11.6 Å². The molecule has 128 valence electrons. The summed E-state index contributed by atoms with van der Waals surface area (Å²) in [5, 5.41) is 10.9. The number of aromatic nitrogens is 1. The molecule has 0 unspecified atom stereocenters. The van der Waals surface area contributed by atoms with E-state index in [2.05, 4.69) is 9.80 Å².